The Morgan fingerprint density at radius 3 is 2.27 bits per heavy atom. The van der Waals surface area contributed by atoms with Crippen molar-refractivity contribution in [2.24, 2.45) is 0 Å². The van der Waals surface area contributed by atoms with E-state index in [0.29, 0.717) is 30.2 Å². The van der Waals surface area contributed by atoms with Gasteiger partial charge in [-0.05, 0) is 73.9 Å². The number of nitrogens with zero attached hydrogens (tertiary/aromatic N) is 2. The van der Waals surface area contributed by atoms with Crippen molar-refractivity contribution in [1.29, 1.82) is 0 Å². The summed E-state index contributed by atoms with van der Waals surface area (Å²) in [7, 11) is 1.74. The van der Waals surface area contributed by atoms with E-state index in [0.717, 1.165) is 30.7 Å². The van der Waals surface area contributed by atoms with Crippen molar-refractivity contribution < 1.29 is 9.53 Å². The van der Waals surface area contributed by atoms with Crippen LogP contribution in [0.15, 0.2) is 61.2 Å². The van der Waals surface area contributed by atoms with Crippen LogP contribution >= 0.6 is 0 Å². The second-order valence-electron chi connectivity index (χ2n) is 11.5. The second-order valence-corrected chi connectivity index (χ2v) is 11.5. The van der Waals surface area contributed by atoms with Gasteiger partial charge in [0, 0.05) is 42.3 Å². The number of fused-ring (bicyclic) bond motifs is 2. The van der Waals surface area contributed by atoms with Crippen molar-refractivity contribution in [3.05, 3.63) is 77.9 Å². The Bertz CT molecular complexity index is 1090. The summed E-state index contributed by atoms with van der Waals surface area (Å²) in [5, 5.41) is 3.28. The highest BCUT2D eigenvalue weighted by Gasteiger charge is 2.56. The second kappa shape index (κ2) is 10.6. The van der Waals surface area contributed by atoms with Crippen molar-refractivity contribution >= 4 is 5.91 Å². The first-order valence-corrected chi connectivity index (χ1v) is 14.4. The summed E-state index contributed by atoms with van der Waals surface area (Å²) in [6.45, 7) is 5.04. The molecule has 5 atom stereocenters. The highest BCUT2D eigenvalue weighted by atomic mass is 16.5. The number of piperazine rings is 1. The van der Waals surface area contributed by atoms with Gasteiger partial charge in [0.05, 0.1) is 13.2 Å². The lowest BCUT2D eigenvalue weighted by Gasteiger charge is -2.66. The lowest BCUT2D eigenvalue weighted by atomic mass is 9.69. The molecule has 1 saturated carbocycles. The Balaban J connectivity index is 1.31. The van der Waals surface area contributed by atoms with Crippen molar-refractivity contribution in [3.8, 4) is 5.75 Å². The first-order valence-electron chi connectivity index (χ1n) is 14.4. The van der Waals surface area contributed by atoms with Crippen LogP contribution in [-0.4, -0.2) is 59.6 Å². The maximum atomic E-state index is 13.0. The predicted molar refractivity (Wildman–Crippen MR) is 148 cm³/mol. The maximum absolute atomic E-state index is 13.0. The third kappa shape index (κ3) is 4.61. The Morgan fingerprint density at radius 1 is 0.946 bits per heavy atom. The Hall–Kier alpha value is -2.63. The van der Waals surface area contributed by atoms with Crippen molar-refractivity contribution in [3.63, 3.8) is 0 Å². The molecule has 1 N–H and O–H groups in total. The summed E-state index contributed by atoms with van der Waals surface area (Å²) in [4.78, 5) is 18.6. The fraction of sp³-hybridized carbons (Fsp3) is 0.531. The third-order valence-corrected chi connectivity index (χ3v) is 9.50. The average Bonchev–Trinajstić information content (AvgIpc) is 2.94. The number of amides is 1. The molecule has 37 heavy (non-hydrogen) atoms. The number of ether oxygens (including phenoxy) is 1. The number of hydrogen-bond acceptors (Lipinski definition) is 4. The SMILES string of the molecule is C=CCN1C2CCC3C1CCC2N3C(c1ccc(C(=O)NC2CCCCC2)cc1)c1cccc(OC)c1. The highest BCUT2D eigenvalue weighted by molar-refractivity contribution is 5.94. The molecule has 5 unspecified atom stereocenters. The summed E-state index contributed by atoms with van der Waals surface area (Å²) in [6.07, 6.45) is 13.1. The molecule has 2 aromatic rings. The van der Waals surface area contributed by atoms with Crippen LogP contribution in [-0.2, 0) is 0 Å². The minimum atomic E-state index is 0.0625. The molecular weight excluding hydrogens is 458 g/mol. The number of benzene rings is 2. The summed E-state index contributed by atoms with van der Waals surface area (Å²) in [6, 6.07) is 19.8. The molecule has 0 aromatic heterocycles. The van der Waals surface area contributed by atoms with Gasteiger partial charge in [-0.15, -0.1) is 6.58 Å². The topological polar surface area (TPSA) is 44.8 Å². The molecule has 1 amide bonds. The van der Waals surface area contributed by atoms with Crippen LogP contribution < -0.4 is 10.1 Å². The molecule has 2 aromatic carbocycles. The number of carbonyl (C=O) groups excluding carboxylic acids is 1. The molecule has 5 saturated heterocycles. The van der Waals surface area contributed by atoms with E-state index in [9.17, 15) is 4.79 Å². The molecule has 196 valence electrons. The largest absolute Gasteiger partial charge is 0.497 e. The Morgan fingerprint density at radius 2 is 1.62 bits per heavy atom. The fourth-order valence-electron chi connectivity index (χ4n) is 7.90. The molecule has 6 aliphatic rings. The summed E-state index contributed by atoms with van der Waals surface area (Å²) in [5.41, 5.74) is 3.29. The van der Waals surface area contributed by atoms with E-state index in [2.05, 4.69) is 58.1 Å². The van der Waals surface area contributed by atoms with Crippen LogP contribution in [0.4, 0.5) is 0 Å². The van der Waals surface area contributed by atoms with E-state index in [4.69, 9.17) is 4.74 Å². The Labute approximate surface area is 221 Å². The molecule has 5 aliphatic heterocycles. The van der Waals surface area contributed by atoms with E-state index in [1.807, 2.05) is 18.2 Å². The molecule has 1 aliphatic carbocycles. The van der Waals surface area contributed by atoms with Gasteiger partial charge >= 0.3 is 0 Å². The van der Waals surface area contributed by atoms with Gasteiger partial charge < -0.3 is 10.1 Å². The molecule has 5 heterocycles. The van der Waals surface area contributed by atoms with Gasteiger partial charge in [-0.3, -0.25) is 14.6 Å². The number of hydrogen-bond donors (Lipinski definition) is 1. The van der Waals surface area contributed by atoms with Gasteiger partial charge in [0.25, 0.3) is 5.91 Å². The zero-order chi connectivity index (χ0) is 25.4. The number of piperidine rings is 4. The molecule has 5 nitrogen and oxygen atoms in total. The molecular formula is C32H41N3O2. The van der Waals surface area contributed by atoms with Crippen molar-refractivity contribution in [1.82, 2.24) is 15.1 Å². The molecule has 4 bridgehead atoms. The molecule has 5 heteroatoms. The normalized spacial score (nSPS) is 28.7. The van der Waals surface area contributed by atoms with Crippen molar-refractivity contribution in [2.75, 3.05) is 13.7 Å². The van der Waals surface area contributed by atoms with Gasteiger partial charge in [-0.25, -0.2) is 0 Å². The van der Waals surface area contributed by atoms with E-state index < -0.39 is 0 Å². The molecule has 0 spiro atoms. The Kier molecular flexibility index (Phi) is 7.09. The molecule has 6 fully saturated rings. The highest BCUT2D eigenvalue weighted by Crippen LogP contribution is 2.50. The zero-order valence-corrected chi connectivity index (χ0v) is 22.1. The summed E-state index contributed by atoms with van der Waals surface area (Å²) in [5.74, 6) is 0.958. The lowest BCUT2D eigenvalue weighted by Crippen LogP contribution is -2.75. The van der Waals surface area contributed by atoms with E-state index in [1.54, 1.807) is 7.11 Å². The average molecular weight is 500 g/mol. The monoisotopic (exact) mass is 499 g/mol. The van der Waals surface area contributed by atoms with Crippen LogP contribution in [0.2, 0.25) is 0 Å². The fourth-order valence-corrected chi connectivity index (χ4v) is 7.90. The van der Waals surface area contributed by atoms with E-state index in [-0.39, 0.29) is 11.9 Å². The van der Waals surface area contributed by atoms with Gasteiger partial charge in [0.1, 0.15) is 5.75 Å². The van der Waals surface area contributed by atoms with Crippen LogP contribution in [0.3, 0.4) is 0 Å². The summed E-state index contributed by atoms with van der Waals surface area (Å²) >= 11 is 0. The summed E-state index contributed by atoms with van der Waals surface area (Å²) < 4.78 is 5.63. The number of carbonyl (C=O) groups is 1. The molecule has 8 rings (SSSR count). The van der Waals surface area contributed by atoms with E-state index >= 15 is 0 Å². The number of rotatable bonds is 8. The van der Waals surface area contributed by atoms with Crippen LogP contribution in [0.25, 0.3) is 0 Å². The maximum Gasteiger partial charge on any atom is 0.251 e. The van der Waals surface area contributed by atoms with Crippen molar-refractivity contribution in [2.45, 2.75) is 94.0 Å². The van der Waals surface area contributed by atoms with Crippen LogP contribution in [0.5, 0.6) is 5.75 Å². The standard InChI is InChI=1S/C32H41N3O2/c1-3-20-34-27-16-18-29-28(34)17-19-30(27)35(29)31(24-8-7-11-26(21-24)37-2)22-12-14-23(15-13-22)32(36)33-25-9-5-4-6-10-25/h3,7-8,11-15,21,25,27-31H,1,4-6,9-10,16-20H2,2H3,(H,33,36). The minimum absolute atomic E-state index is 0.0625. The predicted octanol–water partition coefficient (Wildman–Crippen LogP) is 5.71. The van der Waals surface area contributed by atoms with Gasteiger partial charge in [0.15, 0.2) is 0 Å². The number of nitrogens with one attached hydrogen (secondary N) is 1. The first kappa shape index (κ1) is 24.7. The van der Waals surface area contributed by atoms with Gasteiger partial charge in [-0.1, -0.05) is 49.6 Å². The van der Waals surface area contributed by atoms with Gasteiger partial charge in [0.2, 0.25) is 0 Å². The quantitative estimate of drug-likeness (QED) is 0.473. The van der Waals surface area contributed by atoms with Crippen LogP contribution in [0.1, 0.15) is 85.3 Å². The zero-order valence-electron chi connectivity index (χ0n) is 22.1. The number of methoxy groups -OCH3 is 1. The lowest BCUT2D eigenvalue weighted by molar-refractivity contribution is -0.151. The van der Waals surface area contributed by atoms with Crippen LogP contribution in [0, 0.1) is 0 Å². The van der Waals surface area contributed by atoms with E-state index in [1.165, 1.54) is 56.1 Å². The smallest absolute Gasteiger partial charge is 0.251 e. The first-order chi connectivity index (χ1) is 18.2. The molecule has 0 radical (unpaired) electrons. The minimum Gasteiger partial charge on any atom is -0.497 e. The van der Waals surface area contributed by atoms with Gasteiger partial charge in [-0.2, -0.15) is 0 Å². The third-order valence-electron chi connectivity index (χ3n) is 9.50.